The normalized spacial score (nSPS) is 53.9. The summed E-state index contributed by atoms with van der Waals surface area (Å²) in [6.07, 6.45) is 13.5. The molecule has 0 aromatic carbocycles. The van der Waals surface area contributed by atoms with E-state index in [0.717, 1.165) is 56.9 Å². The van der Waals surface area contributed by atoms with E-state index in [9.17, 15) is 9.90 Å². The number of hydrogen-bond acceptors (Lipinski definition) is 6. The van der Waals surface area contributed by atoms with Gasteiger partial charge in [0, 0.05) is 17.5 Å². The minimum Gasteiger partial charge on any atom is -0.458 e. The fraction of sp³-hybridized carbons (Fsp3) is 0.897. The molecule has 0 spiro atoms. The Hall–Kier alpha value is -0.950. The van der Waals surface area contributed by atoms with E-state index in [-0.39, 0.29) is 47.3 Å². The number of fused-ring (bicyclic) bond motifs is 5. The summed E-state index contributed by atoms with van der Waals surface area (Å²) in [5.41, 5.74) is 6.71. The third-order valence-electron chi connectivity index (χ3n) is 12.0. The molecule has 4 unspecified atom stereocenters. The van der Waals surface area contributed by atoms with Crippen LogP contribution < -0.4 is 5.73 Å². The smallest absolute Gasteiger partial charge is 0.331 e. The molecular weight excluding hydrogens is 442 g/mol. The Bertz CT molecular complexity index is 890. The van der Waals surface area contributed by atoms with Crippen LogP contribution in [0.5, 0.6) is 0 Å². The van der Waals surface area contributed by atoms with Crippen LogP contribution in [0.15, 0.2) is 11.6 Å². The Morgan fingerprint density at radius 2 is 1.86 bits per heavy atom. The van der Waals surface area contributed by atoms with Gasteiger partial charge in [0.05, 0.1) is 17.8 Å². The third kappa shape index (κ3) is 3.68. The first kappa shape index (κ1) is 24.4. The summed E-state index contributed by atoms with van der Waals surface area (Å²) in [4.78, 5) is 11.8. The molecule has 35 heavy (non-hydrogen) atoms. The minimum absolute atomic E-state index is 0.0651. The number of carbonyl (C=O) groups is 1. The number of hydrogen-bond donors (Lipinski definition) is 2. The highest BCUT2D eigenvalue weighted by Crippen LogP contribution is 2.70. The van der Waals surface area contributed by atoms with Crippen LogP contribution in [0.4, 0.5) is 0 Å². The van der Waals surface area contributed by atoms with Gasteiger partial charge in [-0.1, -0.05) is 13.8 Å². The number of rotatable bonds is 3. The second-order valence-electron chi connectivity index (χ2n) is 13.3. The van der Waals surface area contributed by atoms with E-state index in [0.29, 0.717) is 24.4 Å². The van der Waals surface area contributed by atoms with E-state index >= 15 is 0 Å². The van der Waals surface area contributed by atoms with E-state index in [1.165, 1.54) is 19.3 Å². The lowest BCUT2D eigenvalue weighted by Gasteiger charge is -2.63. The van der Waals surface area contributed by atoms with Crippen LogP contribution in [0.2, 0.25) is 0 Å². The van der Waals surface area contributed by atoms with Crippen LogP contribution in [0.25, 0.3) is 0 Å². The Balaban J connectivity index is 1.16. The van der Waals surface area contributed by atoms with Crippen LogP contribution in [-0.2, 0) is 19.0 Å². The van der Waals surface area contributed by atoms with E-state index in [1.54, 1.807) is 6.08 Å². The molecule has 0 bridgehead atoms. The van der Waals surface area contributed by atoms with Crippen molar-refractivity contribution in [3.8, 4) is 0 Å². The lowest BCUT2D eigenvalue weighted by molar-refractivity contribution is -0.241. The minimum atomic E-state index is -0.640. The van der Waals surface area contributed by atoms with E-state index < -0.39 is 5.60 Å². The predicted octanol–water partition coefficient (Wildman–Crippen LogP) is 4.48. The maximum absolute atomic E-state index is 12.4. The van der Waals surface area contributed by atoms with Gasteiger partial charge in [0.2, 0.25) is 0 Å². The van der Waals surface area contributed by atoms with Crippen molar-refractivity contribution in [1.29, 1.82) is 0 Å². The molecule has 2 heterocycles. The molecule has 11 atom stereocenters. The van der Waals surface area contributed by atoms with Gasteiger partial charge < -0.3 is 25.1 Å². The average Bonchev–Trinajstić information content (AvgIpc) is 3.36. The second kappa shape index (κ2) is 8.54. The molecule has 6 heteroatoms. The van der Waals surface area contributed by atoms with Crippen LogP contribution in [0.1, 0.15) is 91.4 Å². The predicted molar refractivity (Wildman–Crippen MR) is 132 cm³/mol. The molecule has 2 aliphatic heterocycles. The number of aliphatic hydroxyl groups is 1. The molecule has 0 aromatic heterocycles. The summed E-state index contributed by atoms with van der Waals surface area (Å²) in [6, 6.07) is 0.121. The summed E-state index contributed by atoms with van der Waals surface area (Å²) in [6.45, 7) is 7.30. The Kier molecular flexibility index (Phi) is 5.95. The van der Waals surface area contributed by atoms with Crippen molar-refractivity contribution < 1.29 is 24.1 Å². The molecular formula is C29H45NO5. The zero-order valence-corrected chi connectivity index (χ0v) is 21.8. The summed E-state index contributed by atoms with van der Waals surface area (Å²) in [5.74, 6) is 1.63. The Morgan fingerprint density at radius 1 is 1.03 bits per heavy atom. The topological polar surface area (TPSA) is 91.0 Å². The SMILES string of the molecule is CC1O[C@@H](O[C@H]2CCC3(C)C4CCC5(C)[C@@H](C6=CC(=O)OC6)CC[C@]5(O)[C@@H]4CC[C@@H]3C2)CC[C@H]1N. The average molecular weight is 488 g/mol. The second-order valence-corrected chi connectivity index (χ2v) is 13.3. The monoisotopic (exact) mass is 487 g/mol. The van der Waals surface area contributed by atoms with Crippen molar-refractivity contribution in [2.75, 3.05) is 6.61 Å². The molecule has 1 saturated heterocycles. The van der Waals surface area contributed by atoms with Crippen LogP contribution in [-0.4, -0.2) is 47.8 Å². The number of carbonyl (C=O) groups excluding carboxylic acids is 1. The zero-order valence-electron chi connectivity index (χ0n) is 21.8. The first-order valence-electron chi connectivity index (χ1n) is 14.3. The van der Waals surface area contributed by atoms with E-state index in [1.807, 2.05) is 0 Å². The maximum Gasteiger partial charge on any atom is 0.331 e. The van der Waals surface area contributed by atoms with Crippen LogP contribution >= 0.6 is 0 Å². The van der Waals surface area contributed by atoms with Gasteiger partial charge in [-0.15, -0.1) is 0 Å². The van der Waals surface area contributed by atoms with Crippen LogP contribution in [0, 0.1) is 34.5 Å². The van der Waals surface area contributed by atoms with Crippen molar-refractivity contribution >= 4 is 5.97 Å². The van der Waals surface area contributed by atoms with Crippen molar-refractivity contribution in [1.82, 2.24) is 0 Å². The van der Waals surface area contributed by atoms with Gasteiger partial charge in [-0.05, 0) is 112 Å². The molecule has 196 valence electrons. The summed E-state index contributed by atoms with van der Waals surface area (Å²) in [5, 5.41) is 12.4. The highest BCUT2D eigenvalue weighted by molar-refractivity contribution is 5.85. The van der Waals surface area contributed by atoms with Crippen molar-refractivity contribution in [3.63, 3.8) is 0 Å². The molecule has 6 nitrogen and oxygen atoms in total. The lowest BCUT2D eigenvalue weighted by Crippen LogP contribution is -2.62. The fourth-order valence-electron chi connectivity index (χ4n) is 9.78. The molecule has 5 fully saturated rings. The van der Waals surface area contributed by atoms with Gasteiger partial charge in [-0.25, -0.2) is 4.79 Å². The van der Waals surface area contributed by atoms with E-state index in [4.69, 9.17) is 19.9 Å². The summed E-state index contributed by atoms with van der Waals surface area (Å²) in [7, 11) is 0. The first-order chi connectivity index (χ1) is 16.6. The number of cyclic esters (lactones) is 1. The van der Waals surface area contributed by atoms with Gasteiger partial charge in [0.25, 0.3) is 0 Å². The molecule has 3 N–H and O–H groups in total. The highest BCUT2D eigenvalue weighted by atomic mass is 16.7. The van der Waals surface area contributed by atoms with Gasteiger partial charge in [-0.3, -0.25) is 0 Å². The van der Waals surface area contributed by atoms with Gasteiger partial charge >= 0.3 is 5.97 Å². The van der Waals surface area contributed by atoms with Gasteiger partial charge in [0.1, 0.15) is 6.61 Å². The molecule has 6 aliphatic rings. The number of esters is 1. The first-order valence-corrected chi connectivity index (χ1v) is 14.3. The van der Waals surface area contributed by atoms with Crippen LogP contribution in [0.3, 0.4) is 0 Å². The number of ether oxygens (including phenoxy) is 3. The maximum atomic E-state index is 12.4. The standard InChI is InChI=1S/C29H45NO5/c1-17-24(30)6-7-26(34-17)35-20-8-11-27(2)19(15-20)4-5-23-22(27)9-12-28(3)21(10-13-29(23,28)32)18-14-25(31)33-16-18/h14,17,19-24,26,32H,4-13,15-16,30H2,1-3H3/t17?,19-,20+,21-,22?,23-,24-,26+,27?,28?,29+/m1/s1. The fourth-order valence-corrected chi connectivity index (χ4v) is 9.78. The lowest BCUT2D eigenvalue weighted by atomic mass is 9.43. The third-order valence-corrected chi connectivity index (χ3v) is 12.0. The molecule has 0 amide bonds. The zero-order chi connectivity index (χ0) is 24.6. The molecule has 6 rings (SSSR count). The summed E-state index contributed by atoms with van der Waals surface area (Å²) >= 11 is 0. The Morgan fingerprint density at radius 3 is 2.60 bits per heavy atom. The molecule has 0 radical (unpaired) electrons. The largest absolute Gasteiger partial charge is 0.458 e. The van der Waals surface area contributed by atoms with Crippen molar-refractivity contribution in [2.24, 2.45) is 40.2 Å². The molecule has 4 saturated carbocycles. The summed E-state index contributed by atoms with van der Waals surface area (Å²) < 4.78 is 17.8. The molecule has 0 aromatic rings. The highest BCUT2D eigenvalue weighted by Gasteiger charge is 2.67. The molecule has 4 aliphatic carbocycles. The number of nitrogens with two attached hydrogens (primary N) is 1. The van der Waals surface area contributed by atoms with Crippen molar-refractivity contribution in [2.45, 2.75) is 122 Å². The Labute approximate surface area is 210 Å². The van der Waals surface area contributed by atoms with Gasteiger partial charge in [0.15, 0.2) is 6.29 Å². The van der Waals surface area contributed by atoms with E-state index in [2.05, 4.69) is 20.8 Å². The quantitative estimate of drug-likeness (QED) is 0.451. The van der Waals surface area contributed by atoms with Gasteiger partial charge in [-0.2, -0.15) is 0 Å². The van der Waals surface area contributed by atoms with Crippen molar-refractivity contribution in [3.05, 3.63) is 11.6 Å².